The summed E-state index contributed by atoms with van der Waals surface area (Å²) < 4.78 is 12.1. The van der Waals surface area contributed by atoms with E-state index in [1.165, 1.54) is 148 Å². The monoisotopic (exact) mass is 690 g/mol. The maximum atomic E-state index is 13.8. The number of unbranched alkanes of at least 4 members (excludes halogenated alkanes) is 24. The first-order chi connectivity index (χ1) is 24.7. The van der Waals surface area contributed by atoms with Gasteiger partial charge in [-0.25, -0.2) is 4.79 Å². The van der Waals surface area contributed by atoms with Crippen molar-refractivity contribution in [1.29, 1.82) is 0 Å². The van der Waals surface area contributed by atoms with Gasteiger partial charge in [0.05, 0.1) is 17.7 Å². The largest absolute Gasteiger partial charge is 0.494 e. The number of hydrogen-bond donors (Lipinski definition) is 0. The molecule has 1 atom stereocenters. The molecular weight excluding hydrogens is 618 g/mol. The number of ether oxygens (including phenoxy) is 2. The third-order valence-electron chi connectivity index (χ3n) is 10.3. The zero-order valence-corrected chi connectivity index (χ0v) is 32.1. The zero-order chi connectivity index (χ0) is 35.5. The Labute approximate surface area is 306 Å². The fourth-order valence-corrected chi connectivity index (χ4v) is 7.14. The summed E-state index contributed by atoms with van der Waals surface area (Å²) in [7, 11) is 0. The molecule has 2 aromatic carbocycles. The molecule has 0 radical (unpaired) electrons. The van der Waals surface area contributed by atoms with Crippen molar-refractivity contribution >= 4 is 11.9 Å². The Bertz CT molecular complexity index is 1160. The number of nitrogens with zero attached hydrogens (tertiary/aromatic N) is 1. The van der Waals surface area contributed by atoms with Crippen LogP contribution in [0.4, 0.5) is 0 Å². The van der Waals surface area contributed by atoms with E-state index < -0.39 is 12.2 Å². The minimum absolute atomic E-state index is 0.140. The molecule has 0 fully saturated rings. The SMILES string of the molecule is CCCCCCCCCCCCCCCCN1C(=O)c2ccccc2C(=O)OC1c1ccc(OCCCCCCCCCCCCCC)cc1. The molecule has 1 aliphatic rings. The Morgan fingerprint density at radius 3 is 1.42 bits per heavy atom. The van der Waals surface area contributed by atoms with Gasteiger partial charge in [0.15, 0.2) is 0 Å². The van der Waals surface area contributed by atoms with Gasteiger partial charge in [-0.3, -0.25) is 9.69 Å². The highest BCUT2D eigenvalue weighted by Gasteiger charge is 2.35. The van der Waals surface area contributed by atoms with Crippen LogP contribution in [0.5, 0.6) is 5.75 Å². The molecule has 1 heterocycles. The van der Waals surface area contributed by atoms with Crippen LogP contribution in [-0.2, 0) is 4.74 Å². The van der Waals surface area contributed by atoms with Crippen molar-refractivity contribution in [1.82, 2.24) is 4.90 Å². The molecule has 1 aliphatic heterocycles. The summed E-state index contributed by atoms with van der Waals surface area (Å²) in [5.74, 6) is 0.220. The molecule has 0 spiro atoms. The highest BCUT2D eigenvalue weighted by Crippen LogP contribution is 2.32. The number of hydrogen-bond acceptors (Lipinski definition) is 4. The summed E-state index contributed by atoms with van der Waals surface area (Å²) in [5.41, 5.74) is 1.56. The smallest absolute Gasteiger partial charge is 0.341 e. The maximum absolute atomic E-state index is 13.8. The van der Waals surface area contributed by atoms with Crippen molar-refractivity contribution in [3.63, 3.8) is 0 Å². The molecule has 5 nitrogen and oxygen atoms in total. The van der Waals surface area contributed by atoms with Crippen LogP contribution in [0.3, 0.4) is 0 Å². The predicted molar refractivity (Wildman–Crippen MR) is 209 cm³/mol. The molecule has 5 heteroatoms. The lowest BCUT2D eigenvalue weighted by Gasteiger charge is -2.29. The van der Waals surface area contributed by atoms with Gasteiger partial charge in [-0.05, 0) is 49.2 Å². The van der Waals surface area contributed by atoms with Crippen molar-refractivity contribution in [2.45, 2.75) is 187 Å². The van der Waals surface area contributed by atoms with Gasteiger partial charge < -0.3 is 9.47 Å². The summed E-state index contributed by atoms with van der Waals surface area (Å²) in [6.45, 7) is 5.81. The lowest BCUT2D eigenvalue weighted by Crippen LogP contribution is -2.36. The Morgan fingerprint density at radius 1 is 0.520 bits per heavy atom. The number of esters is 1. The quantitative estimate of drug-likeness (QED) is 0.0605. The number of fused-ring (bicyclic) bond motifs is 1. The van der Waals surface area contributed by atoms with E-state index in [4.69, 9.17) is 9.47 Å². The molecule has 0 saturated heterocycles. The van der Waals surface area contributed by atoms with E-state index in [1.807, 2.05) is 30.3 Å². The van der Waals surface area contributed by atoms with E-state index in [0.29, 0.717) is 24.3 Å². The topological polar surface area (TPSA) is 55.8 Å². The number of carbonyl (C=O) groups excluding carboxylic acids is 2. The van der Waals surface area contributed by atoms with Crippen LogP contribution < -0.4 is 4.74 Å². The van der Waals surface area contributed by atoms with E-state index in [2.05, 4.69) is 13.8 Å². The van der Waals surface area contributed by atoms with Gasteiger partial charge in [0.25, 0.3) is 5.91 Å². The molecule has 3 rings (SSSR count). The molecule has 0 aromatic heterocycles. The molecular formula is C45H71NO4. The standard InChI is InChI=1S/C45H71NO4/c1-3-5-7-9-11-13-15-17-18-19-21-23-25-29-37-46-43(47)41-31-27-28-32-42(41)45(48)50-44(46)39-33-35-40(36-34-39)49-38-30-26-24-22-20-16-14-12-10-8-6-4-2/h27-28,31-36,44H,3-26,29-30,37-38H2,1-2H3. The third kappa shape index (κ3) is 16.5. The molecule has 2 aromatic rings. The van der Waals surface area contributed by atoms with Crippen molar-refractivity contribution in [2.24, 2.45) is 0 Å². The van der Waals surface area contributed by atoms with Gasteiger partial charge in [-0.15, -0.1) is 0 Å². The van der Waals surface area contributed by atoms with Crippen molar-refractivity contribution in [2.75, 3.05) is 13.2 Å². The van der Waals surface area contributed by atoms with E-state index in [1.54, 1.807) is 23.1 Å². The molecule has 0 N–H and O–H groups in total. The summed E-state index contributed by atoms with van der Waals surface area (Å²) in [6, 6.07) is 14.8. The molecule has 0 bridgehead atoms. The molecule has 0 aliphatic carbocycles. The highest BCUT2D eigenvalue weighted by molar-refractivity contribution is 6.06. The Balaban J connectivity index is 1.38. The number of carbonyl (C=O) groups is 2. The Hall–Kier alpha value is -2.82. The van der Waals surface area contributed by atoms with E-state index in [0.717, 1.165) is 30.6 Å². The molecule has 280 valence electrons. The van der Waals surface area contributed by atoms with Gasteiger partial charge in [0.2, 0.25) is 6.23 Å². The van der Waals surface area contributed by atoms with Gasteiger partial charge in [0, 0.05) is 12.1 Å². The highest BCUT2D eigenvalue weighted by atomic mass is 16.6. The second kappa shape index (κ2) is 26.9. The summed E-state index contributed by atoms with van der Waals surface area (Å²) in [4.78, 5) is 28.7. The van der Waals surface area contributed by atoms with Gasteiger partial charge >= 0.3 is 5.97 Å². The molecule has 50 heavy (non-hydrogen) atoms. The first kappa shape index (κ1) is 41.6. The zero-order valence-electron chi connectivity index (χ0n) is 32.1. The van der Waals surface area contributed by atoms with Gasteiger partial charge in [-0.1, -0.05) is 180 Å². The van der Waals surface area contributed by atoms with Gasteiger partial charge in [0.1, 0.15) is 5.75 Å². The third-order valence-corrected chi connectivity index (χ3v) is 10.3. The predicted octanol–water partition coefficient (Wildman–Crippen LogP) is 13.6. The van der Waals surface area contributed by atoms with Gasteiger partial charge in [-0.2, -0.15) is 0 Å². The molecule has 1 amide bonds. The normalized spacial score (nSPS) is 14.4. The van der Waals surface area contributed by atoms with E-state index >= 15 is 0 Å². The maximum Gasteiger partial charge on any atom is 0.341 e. The lowest BCUT2D eigenvalue weighted by molar-refractivity contribution is -0.0224. The number of cyclic esters (lactones) is 1. The fourth-order valence-electron chi connectivity index (χ4n) is 7.14. The Morgan fingerprint density at radius 2 is 0.940 bits per heavy atom. The van der Waals surface area contributed by atoms with Crippen molar-refractivity contribution in [3.05, 3.63) is 65.2 Å². The van der Waals surface area contributed by atoms with Crippen LogP contribution in [0, 0.1) is 0 Å². The van der Waals surface area contributed by atoms with Crippen LogP contribution in [0.1, 0.15) is 213 Å². The van der Waals surface area contributed by atoms with Crippen LogP contribution in [0.15, 0.2) is 48.5 Å². The lowest BCUT2D eigenvalue weighted by atomic mass is 10.0. The first-order valence-corrected chi connectivity index (χ1v) is 21.0. The minimum Gasteiger partial charge on any atom is -0.494 e. The summed E-state index contributed by atoms with van der Waals surface area (Å²) in [6.07, 6.45) is 33.1. The molecule has 0 saturated carbocycles. The molecule has 1 unspecified atom stereocenters. The van der Waals surface area contributed by atoms with Crippen LogP contribution in [0.2, 0.25) is 0 Å². The second-order valence-corrected chi connectivity index (χ2v) is 14.7. The number of amides is 1. The fraction of sp³-hybridized carbons (Fsp3) is 0.689. The number of benzene rings is 2. The van der Waals surface area contributed by atoms with Crippen LogP contribution in [-0.4, -0.2) is 29.9 Å². The van der Waals surface area contributed by atoms with Crippen LogP contribution >= 0.6 is 0 Å². The van der Waals surface area contributed by atoms with Crippen molar-refractivity contribution < 1.29 is 19.1 Å². The van der Waals surface area contributed by atoms with E-state index in [9.17, 15) is 9.59 Å². The van der Waals surface area contributed by atoms with Crippen LogP contribution in [0.25, 0.3) is 0 Å². The number of rotatable bonds is 30. The second-order valence-electron chi connectivity index (χ2n) is 14.7. The first-order valence-electron chi connectivity index (χ1n) is 21.0. The van der Waals surface area contributed by atoms with E-state index in [-0.39, 0.29) is 5.91 Å². The summed E-state index contributed by atoms with van der Waals surface area (Å²) >= 11 is 0. The minimum atomic E-state index is -0.755. The average molecular weight is 690 g/mol. The average Bonchev–Trinajstić information content (AvgIpc) is 3.24. The summed E-state index contributed by atoms with van der Waals surface area (Å²) in [5, 5.41) is 0. The van der Waals surface area contributed by atoms with Crippen molar-refractivity contribution in [3.8, 4) is 5.75 Å². The Kier molecular flexibility index (Phi) is 22.4.